The number of hydrogen-bond acceptors (Lipinski definition) is 3. The lowest BCUT2D eigenvalue weighted by molar-refractivity contribution is -0.135. The van der Waals surface area contributed by atoms with Crippen LogP contribution in [0.5, 0.6) is 0 Å². The number of carbonyl (C=O) groups is 2. The summed E-state index contributed by atoms with van der Waals surface area (Å²) in [7, 11) is 0. The number of hydrogen-bond donors (Lipinski definition) is 2. The van der Waals surface area contributed by atoms with Crippen LogP contribution in [0.3, 0.4) is 0 Å². The molecule has 1 saturated heterocycles. The molecule has 0 aromatic heterocycles. The Morgan fingerprint density at radius 1 is 1.38 bits per heavy atom. The van der Waals surface area contributed by atoms with Gasteiger partial charge in [0.25, 0.3) is 0 Å². The average molecular weight is 297 g/mol. The van der Waals surface area contributed by atoms with Crippen molar-refractivity contribution in [2.45, 2.75) is 58.9 Å². The smallest absolute Gasteiger partial charge is 0.225 e. The lowest BCUT2D eigenvalue weighted by Crippen LogP contribution is -2.49. The molecule has 1 heterocycles. The lowest BCUT2D eigenvalue weighted by Gasteiger charge is -2.33. The van der Waals surface area contributed by atoms with Crippen LogP contribution in [0.25, 0.3) is 0 Å². The van der Waals surface area contributed by atoms with Gasteiger partial charge in [0.2, 0.25) is 11.8 Å². The van der Waals surface area contributed by atoms with E-state index >= 15 is 0 Å². The summed E-state index contributed by atoms with van der Waals surface area (Å²) in [6, 6.07) is 0.0409. The number of piperidine rings is 1. The number of rotatable bonds is 7. The maximum Gasteiger partial charge on any atom is 0.225 e. The summed E-state index contributed by atoms with van der Waals surface area (Å²) in [5.41, 5.74) is 5.73. The summed E-state index contributed by atoms with van der Waals surface area (Å²) in [5, 5.41) is 3.06. The third kappa shape index (κ3) is 6.04. The van der Waals surface area contributed by atoms with E-state index in [0.717, 1.165) is 32.2 Å². The van der Waals surface area contributed by atoms with Crippen molar-refractivity contribution < 1.29 is 9.59 Å². The first-order valence-corrected chi connectivity index (χ1v) is 8.26. The van der Waals surface area contributed by atoms with Gasteiger partial charge >= 0.3 is 0 Å². The molecule has 3 N–H and O–H groups in total. The molecule has 0 bridgehead atoms. The molecule has 0 aliphatic carbocycles. The SMILES string of the molecule is CCCC(=O)N1CCCC(C(=O)NC(CN)CC(C)C)C1. The maximum atomic E-state index is 12.4. The Kier molecular flexibility index (Phi) is 7.72. The fraction of sp³-hybridized carbons (Fsp3) is 0.875. The van der Waals surface area contributed by atoms with Gasteiger partial charge in [-0.05, 0) is 31.6 Å². The molecule has 5 nitrogen and oxygen atoms in total. The Morgan fingerprint density at radius 3 is 2.67 bits per heavy atom. The van der Waals surface area contributed by atoms with Gasteiger partial charge in [-0.25, -0.2) is 0 Å². The number of carbonyl (C=O) groups excluding carboxylic acids is 2. The van der Waals surface area contributed by atoms with Gasteiger partial charge in [-0.3, -0.25) is 9.59 Å². The Hall–Kier alpha value is -1.10. The van der Waals surface area contributed by atoms with Gasteiger partial charge in [-0.2, -0.15) is 0 Å². The molecule has 21 heavy (non-hydrogen) atoms. The van der Waals surface area contributed by atoms with Crippen LogP contribution < -0.4 is 11.1 Å². The van der Waals surface area contributed by atoms with Crippen molar-refractivity contribution in [2.24, 2.45) is 17.6 Å². The van der Waals surface area contributed by atoms with Crippen LogP contribution in [0.1, 0.15) is 52.9 Å². The molecule has 0 radical (unpaired) electrons. The molecule has 0 aromatic carbocycles. The van der Waals surface area contributed by atoms with E-state index in [1.54, 1.807) is 0 Å². The zero-order valence-electron chi connectivity index (χ0n) is 13.7. The fourth-order valence-electron chi connectivity index (χ4n) is 2.89. The maximum absolute atomic E-state index is 12.4. The number of nitrogens with two attached hydrogens (primary N) is 1. The highest BCUT2D eigenvalue weighted by Crippen LogP contribution is 2.18. The van der Waals surface area contributed by atoms with Crippen LogP contribution in [0.15, 0.2) is 0 Å². The number of amides is 2. The highest BCUT2D eigenvalue weighted by molar-refractivity contribution is 5.81. The van der Waals surface area contributed by atoms with Gasteiger partial charge in [-0.1, -0.05) is 20.8 Å². The first kappa shape index (κ1) is 18.0. The molecule has 0 spiro atoms. The van der Waals surface area contributed by atoms with Gasteiger partial charge in [0, 0.05) is 32.1 Å². The third-order valence-electron chi connectivity index (χ3n) is 4.00. The van der Waals surface area contributed by atoms with E-state index in [9.17, 15) is 9.59 Å². The van der Waals surface area contributed by atoms with Crippen LogP contribution in [-0.2, 0) is 9.59 Å². The zero-order valence-corrected chi connectivity index (χ0v) is 13.7. The van der Waals surface area contributed by atoms with Gasteiger partial charge in [0.1, 0.15) is 0 Å². The number of nitrogens with zero attached hydrogens (tertiary/aromatic N) is 1. The van der Waals surface area contributed by atoms with E-state index in [4.69, 9.17) is 5.73 Å². The quantitative estimate of drug-likeness (QED) is 0.748. The minimum atomic E-state index is -0.0826. The first-order valence-electron chi connectivity index (χ1n) is 8.26. The summed E-state index contributed by atoms with van der Waals surface area (Å²) < 4.78 is 0. The molecular weight excluding hydrogens is 266 g/mol. The first-order chi connectivity index (χ1) is 9.97. The number of likely N-dealkylation sites (tertiary alicyclic amines) is 1. The van der Waals surface area contributed by atoms with Crippen molar-refractivity contribution in [1.82, 2.24) is 10.2 Å². The monoisotopic (exact) mass is 297 g/mol. The molecule has 2 atom stereocenters. The van der Waals surface area contributed by atoms with Gasteiger partial charge < -0.3 is 16.0 Å². The third-order valence-corrected chi connectivity index (χ3v) is 4.00. The summed E-state index contributed by atoms with van der Waals surface area (Å²) in [5.74, 6) is 0.654. The molecule has 0 saturated carbocycles. The van der Waals surface area contributed by atoms with Crippen molar-refractivity contribution in [3.05, 3.63) is 0 Å². The minimum Gasteiger partial charge on any atom is -0.352 e. The summed E-state index contributed by atoms with van der Waals surface area (Å²) in [6.07, 6.45) is 4.10. The normalized spacial score (nSPS) is 20.4. The Balaban J connectivity index is 2.51. The molecule has 5 heteroatoms. The second-order valence-electron chi connectivity index (χ2n) is 6.50. The molecule has 2 unspecified atom stereocenters. The average Bonchev–Trinajstić information content (AvgIpc) is 2.46. The predicted molar refractivity (Wildman–Crippen MR) is 84.7 cm³/mol. The van der Waals surface area contributed by atoms with E-state index in [-0.39, 0.29) is 23.8 Å². The molecule has 122 valence electrons. The van der Waals surface area contributed by atoms with Gasteiger partial charge in [0.15, 0.2) is 0 Å². The minimum absolute atomic E-state index is 0.0409. The summed E-state index contributed by atoms with van der Waals surface area (Å²) in [4.78, 5) is 26.2. The second kappa shape index (κ2) is 9.03. The molecular formula is C16H31N3O2. The van der Waals surface area contributed by atoms with Gasteiger partial charge in [-0.15, -0.1) is 0 Å². The van der Waals surface area contributed by atoms with Crippen LogP contribution in [0.4, 0.5) is 0 Å². The van der Waals surface area contributed by atoms with Gasteiger partial charge in [0.05, 0.1) is 5.92 Å². The van der Waals surface area contributed by atoms with E-state index in [1.165, 1.54) is 0 Å². The number of nitrogens with one attached hydrogen (secondary N) is 1. The highest BCUT2D eigenvalue weighted by Gasteiger charge is 2.29. The van der Waals surface area contributed by atoms with Crippen molar-refractivity contribution in [1.29, 1.82) is 0 Å². The standard InChI is InChI=1S/C16H31N3O2/c1-4-6-15(20)19-8-5-7-13(11-19)16(21)18-14(10-17)9-12(2)3/h12-14H,4-11,17H2,1-3H3,(H,18,21). The van der Waals surface area contributed by atoms with E-state index in [2.05, 4.69) is 19.2 Å². The summed E-state index contributed by atoms with van der Waals surface area (Å²) in [6.45, 7) is 8.07. The second-order valence-corrected chi connectivity index (χ2v) is 6.50. The molecule has 0 aromatic rings. The van der Waals surface area contributed by atoms with Crippen molar-refractivity contribution in [3.63, 3.8) is 0 Å². The predicted octanol–water partition coefficient (Wildman–Crippen LogP) is 1.51. The topological polar surface area (TPSA) is 75.4 Å². The molecule has 1 rings (SSSR count). The van der Waals surface area contributed by atoms with Crippen molar-refractivity contribution in [3.8, 4) is 0 Å². The zero-order chi connectivity index (χ0) is 15.8. The van der Waals surface area contributed by atoms with Crippen LogP contribution in [0.2, 0.25) is 0 Å². The molecule has 1 aliphatic rings. The van der Waals surface area contributed by atoms with E-state index in [0.29, 0.717) is 25.4 Å². The lowest BCUT2D eigenvalue weighted by atomic mass is 9.95. The van der Waals surface area contributed by atoms with E-state index in [1.807, 2.05) is 11.8 Å². The van der Waals surface area contributed by atoms with Crippen LogP contribution in [-0.4, -0.2) is 42.4 Å². The van der Waals surface area contributed by atoms with Crippen molar-refractivity contribution >= 4 is 11.8 Å². The highest BCUT2D eigenvalue weighted by atomic mass is 16.2. The summed E-state index contributed by atoms with van der Waals surface area (Å²) >= 11 is 0. The molecule has 1 fully saturated rings. The van der Waals surface area contributed by atoms with E-state index < -0.39 is 0 Å². The Labute approximate surface area is 128 Å². The largest absolute Gasteiger partial charge is 0.352 e. The van der Waals surface area contributed by atoms with Crippen LogP contribution >= 0.6 is 0 Å². The molecule has 2 amide bonds. The Morgan fingerprint density at radius 2 is 2.10 bits per heavy atom. The fourth-order valence-corrected chi connectivity index (χ4v) is 2.89. The van der Waals surface area contributed by atoms with Crippen molar-refractivity contribution in [2.75, 3.05) is 19.6 Å². The molecule has 1 aliphatic heterocycles. The van der Waals surface area contributed by atoms with Crippen LogP contribution in [0, 0.1) is 11.8 Å². The Bertz CT molecular complexity index is 344.